The fourth-order valence-corrected chi connectivity index (χ4v) is 4.64. The number of carbonyl (C=O) groups is 2. The summed E-state index contributed by atoms with van der Waals surface area (Å²) in [4.78, 5) is 25.2. The van der Waals surface area contributed by atoms with Crippen LogP contribution in [0.15, 0.2) is 65.8 Å². The van der Waals surface area contributed by atoms with Crippen molar-refractivity contribution in [2.45, 2.75) is 11.7 Å². The van der Waals surface area contributed by atoms with E-state index in [-0.39, 0.29) is 28.6 Å². The number of thioether (sulfide) groups is 1. The van der Waals surface area contributed by atoms with Crippen molar-refractivity contribution >= 4 is 75.7 Å². The van der Waals surface area contributed by atoms with Crippen molar-refractivity contribution < 1.29 is 14.0 Å². The van der Waals surface area contributed by atoms with Crippen molar-refractivity contribution in [3.63, 3.8) is 0 Å². The molecule has 1 aromatic heterocycles. The third kappa shape index (κ3) is 6.74. The number of benzene rings is 3. The number of nitrogens with one attached hydrogen (secondary N) is 2. The molecule has 0 spiro atoms. The standard InChI is InChI=1S/C24H16Cl4FN5O2S/c25-13-5-7-16(26)15(9-13)23(36)30-11-21-32-33-24(34(21)14-6-8-17(27)18(28)10-14)37-12-22(35)31-20-4-2-1-3-19(20)29/h1-10H,11-12H2,(H,30,36)(H,31,35). The minimum Gasteiger partial charge on any atom is -0.345 e. The Morgan fingerprint density at radius 3 is 2.43 bits per heavy atom. The maximum atomic E-state index is 13.9. The van der Waals surface area contributed by atoms with Crippen molar-refractivity contribution in [1.82, 2.24) is 20.1 Å². The van der Waals surface area contributed by atoms with Gasteiger partial charge in [-0.3, -0.25) is 14.2 Å². The first-order chi connectivity index (χ1) is 17.7. The Morgan fingerprint density at radius 1 is 0.919 bits per heavy atom. The molecule has 0 fully saturated rings. The zero-order valence-corrected chi connectivity index (χ0v) is 22.5. The van der Waals surface area contributed by atoms with Gasteiger partial charge in [0.1, 0.15) is 5.82 Å². The summed E-state index contributed by atoms with van der Waals surface area (Å²) in [6.07, 6.45) is 0. The van der Waals surface area contributed by atoms with Gasteiger partial charge in [0.25, 0.3) is 5.91 Å². The fourth-order valence-electron chi connectivity index (χ4n) is 3.20. The molecule has 2 N–H and O–H groups in total. The van der Waals surface area contributed by atoms with Crippen LogP contribution in [0.3, 0.4) is 0 Å². The van der Waals surface area contributed by atoms with Crippen LogP contribution in [0.2, 0.25) is 20.1 Å². The van der Waals surface area contributed by atoms with E-state index in [4.69, 9.17) is 46.4 Å². The Hall–Kier alpha value is -2.82. The Labute approximate surface area is 235 Å². The average Bonchev–Trinajstić information content (AvgIpc) is 3.28. The number of halogens is 5. The number of anilines is 1. The molecule has 0 unspecified atom stereocenters. The molecule has 190 valence electrons. The Kier molecular flexibility index (Phi) is 8.94. The average molecular weight is 599 g/mol. The van der Waals surface area contributed by atoms with E-state index in [9.17, 15) is 14.0 Å². The van der Waals surface area contributed by atoms with E-state index >= 15 is 0 Å². The van der Waals surface area contributed by atoms with E-state index in [2.05, 4.69) is 20.8 Å². The number of carbonyl (C=O) groups excluding carboxylic acids is 2. The molecule has 0 saturated heterocycles. The normalized spacial score (nSPS) is 10.8. The maximum absolute atomic E-state index is 13.9. The van der Waals surface area contributed by atoms with Crippen LogP contribution in [-0.2, 0) is 11.3 Å². The van der Waals surface area contributed by atoms with E-state index in [0.717, 1.165) is 11.8 Å². The summed E-state index contributed by atoms with van der Waals surface area (Å²) in [6.45, 7) is -0.0308. The van der Waals surface area contributed by atoms with Crippen LogP contribution in [-0.4, -0.2) is 32.3 Å². The van der Waals surface area contributed by atoms with Gasteiger partial charge in [0.05, 0.1) is 44.3 Å². The monoisotopic (exact) mass is 597 g/mol. The number of rotatable bonds is 8. The third-order valence-corrected chi connectivity index (χ3v) is 7.15. The molecule has 4 aromatic rings. The molecule has 13 heteroatoms. The van der Waals surface area contributed by atoms with Gasteiger partial charge in [-0.25, -0.2) is 4.39 Å². The maximum Gasteiger partial charge on any atom is 0.253 e. The minimum atomic E-state index is -0.544. The number of para-hydroxylation sites is 1. The zero-order chi connectivity index (χ0) is 26.5. The quantitative estimate of drug-likeness (QED) is 0.221. The van der Waals surface area contributed by atoms with Crippen molar-refractivity contribution in [2.75, 3.05) is 11.1 Å². The molecule has 0 aliphatic rings. The van der Waals surface area contributed by atoms with E-state index in [1.165, 1.54) is 30.3 Å². The minimum absolute atomic E-state index is 0.0308. The van der Waals surface area contributed by atoms with Gasteiger partial charge >= 0.3 is 0 Å². The molecule has 4 rings (SSSR count). The number of amides is 2. The second kappa shape index (κ2) is 12.1. The van der Waals surface area contributed by atoms with Crippen LogP contribution in [0.1, 0.15) is 16.2 Å². The number of nitrogens with zero attached hydrogens (tertiary/aromatic N) is 3. The predicted molar refractivity (Wildman–Crippen MR) is 145 cm³/mol. The lowest BCUT2D eigenvalue weighted by molar-refractivity contribution is -0.113. The van der Waals surface area contributed by atoms with Gasteiger partial charge in [0.15, 0.2) is 11.0 Å². The zero-order valence-electron chi connectivity index (χ0n) is 18.6. The molecule has 7 nitrogen and oxygen atoms in total. The first kappa shape index (κ1) is 27.2. The Bertz CT molecular complexity index is 1480. The third-order valence-electron chi connectivity index (χ3n) is 4.92. The summed E-state index contributed by atoms with van der Waals surface area (Å²) < 4.78 is 15.5. The van der Waals surface area contributed by atoms with Crippen LogP contribution in [0.25, 0.3) is 5.69 Å². The second-order valence-corrected chi connectivity index (χ2v) is 10.1. The number of aromatic nitrogens is 3. The molecule has 0 aliphatic heterocycles. The lowest BCUT2D eigenvalue weighted by atomic mass is 10.2. The molecule has 37 heavy (non-hydrogen) atoms. The largest absolute Gasteiger partial charge is 0.345 e. The molecule has 0 saturated carbocycles. The smallest absolute Gasteiger partial charge is 0.253 e. The summed E-state index contributed by atoms with van der Waals surface area (Å²) >= 11 is 25.5. The van der Waals surface area contributed by atoms with Gasteiger partial charge in [0, 0.05) is 5.02 Å². The molecule has 0 aliphatic carbocycles. The molecule has 0 bridgehead atoms. The topological polar surface area (TPSA) is 88.9 Å². The van der Waals surface area contributed by atoms with E-state index in [1.54, 1.807) is 34.9 Å². The van der Waals surface area contributed by atoms with E-state index < -0.39 is 17.6 Å². The lowest BCUT2D eigenvalue weighted by Crippen LogP contribution is -2.25. The van der Waals surface area contributed by atoms with Gasteiger partial charge in [-0.15, -0.1) is 10.2 Å². The predicted octanol–water partition coefficient (Wildman–Crippen LogP) is 6.68. The van der Waals surface area contributed by atoms with Crippen LogP contribution in [0.4, 0.5) is 10.1 Å². The van der Waals surface area contributed by atoms with Crippen molar-refractivity contribution in [2.24, 2.45) is 0 Å². The summed E-state index contributed by atoms with van der Waals surface area (Å²) in [5.41, 5.74) is 0.831. The van der Waals surface area contributed by atoms with Gasteiger partial charge in [-0.05, 0) is 48.5 Å². The first-order valence-corrected chi connectivity index (χ1v) is 13.0. The highest BCUT2D eigenvalue weighted by Crippen LogP contribution is 2.28. The molecular formula is C24H16Cl4FN5O2S. The summed E-state index contributed by atoms with van der Waals surface area (Å²) in [7, 11) is 0. The fraction of sp³-hybridized carbons (Fsp3) is 0.0833. The SMILES string of the molecule is O=C(CSc1nnc(CNC(=O)c2cc(Cl)ccc2Cl)n1-c1ccc(Cl)c(Cl)c1)Nc1ccccc1F. The lowest BCUT2D eigenvalue weighted by Gasteiger charge is -2.12. The van der Waals surface area contributed by atoms with Gasteiger partial charge in [0.2, 0.25) is 5.91 Å². The van der Waals surface area contributed by atoms with Crippen LogP contribution in [0, 0.1) is 5.82 Å². The summed E-state index contributed by atoms with van der Waals surface area (Å²) in [5, 5.41) is 15.2. The van der Waals surface area contributed by atoms with Crippen molar-refractivity contribution in [3.05, 3.63) is 98.0 Å². The Morgan fingerprint density at radius 2 is 1.68 bits per heavy atom. The highest BCUT2D eigenvalue weighted by molar-refractivity contribution is 7.99. The molecule has 1 heterocycles. The molecular weight excluding hydrogens is 583 g/mol. The van der Waals surface area contributed by atoms with Crippen LogP contribution >= 0.6 is 58.2 Å². The highest BCUT2D eigenvalue weighted by atomic mass is 35.5. The second-order valence-electron chi connectivity index (χ2n) is 7.46. The number of hydrogen-bond acceptors (Lipinski definition) is 5. The van der Waals surface area contributed by atoms with E-state index in [0.29, 0.717) is 31.7 Å². The first-order valence-electron chi connectivity index (χ1n) is 10.5. The number of hydrogen-bond donors (Lipinski definition) is 2. The van der Waals surface area contributed by atoms with Gasteiger partial charge in [-0.2, -0.15) is 0 Å². The van der Waals surface area contributed by atoms with Gasteiger partial charge < -0.3 is 10.6 Å². The molecule has 0 radical (unpaired) electrons. The van der Waals surface area contributed by atoms with Crippen molar-refractivity contribution in [3.8, 4) is 5.69 Å². The Balaban J connectivity index is 1.55. The van der Waals surface area contributed by atoms with Crippen LogP contribution < -0.4 is 10.6 Å². The summed E-state index contributed by atoms with van der Waals surface area (Å²) in [5.74, 6) is -1.18. The van der Waals surface area contributed by atoms with Gasteiger partial charge in [-0.1, -0.05) is 70.3 Å². The van der Waals surface area contributed by atoms with Crippen molar-refractivity contribution in [1.29, 1.82) is 0 Å². The molecule has 3 aromatic carbocycles. The summed E-state index contributed by atoms with van der Waals surface area (Å²) in [6, 6.07) is 15.3. The van der Waals surface area contributed by atoms with Crippen LogP contribution in [0.5, 0.6) is 0 Å². The molecule has 2 amide bonds. The van der Waals surface area contributed by atoms with E-state index in [1.807, 2.05) is 0 Å². The highest BCUT2D eigenvalue weighted by Gasteiger charge is 2.19. The molecule has 0 atom stereocenters.